The highest BCUT2D eigenvalue weighted by atomic mass is 32.2. The van der Waals surface area contributed by atoms with Crippen LogP contribution in [0.25, 0.3) is 0 Å². The lowest BCUT2D eigenvalue weighted by Gasteiger charge is -2.42. The molecule has 1 aromatic carbocycles. The van der Waals surface area contributed by atoms with Crippen LogP contribution in [0.2, 0.25) is 0 Å². The van der Waals surface area contributed by atoms with Crippen molar-refractivity contribution in [2.24, 2.45) is 0 Å². The van der Waals surface area contributed by atoms with E-state index in [4.69, 9.17) is 9.47 Å². The van der Waals surface area contributed by atoms with Crippen molar-refractivity contribution >= 4 is 27.8 Å². The number of fused-ring (bicyclic) bond motifs is 1. The van der Waals surface area contributed by atoms with E-state index in [9.17, 15) is 22.8 Å². The van der Waals surface area contributed by atoms with Crippen molar-refractivity contribution in [1.29, 1.82) is 0 Å². The van der Waals surface area contributed by atoms with Gasteiger partial charge in [0.2, 0.25) is 5.91 Å². The summed E-state index contributed by atoms with van der Waals surface area (Å²) in [4.78, 5) is 37.6. The second-order valence-corrected chi connectivity index (χ2v) is 9.84. The number of amides is 2. The number of benzene rings is 1. The molecule has 3 rings (SSSR count). The number of alkyl carbamates (subject to hydrolysis) is 1. The Kier molecular flexibility index (Phi) is 5.09. The molecule has 0 unspecified atom stereocenters. The molecule has 2 amide bonds. The summed E-state index contributed by atoms with van der Waals surface area (Å²) in [6, 6.07) is 6.41. The molecule has 0 bridgehead atoms. The molecular weight excluding hydrogens is 388 g/mol. The number of rotatable bonds is 4. The number of hydrogen-bond acceptors (Lipinski definition) is 7. The quantitative estimate of drug-likeness (QED) is 0.570. The molecule has 9 nitrogen and oxygen atoms in total. The van der Waals surface area contributed by atoms with Crippen LogP contribution in [0.4, 0.5) is 4.79 Å². The van der Waals surface area contributed by atoms with Crippen LogP contribution >= 0.6 is 0 Å². The highest BCUT2D eigenvalue weighted by Gasteiger charge is 2.65. The Hall–Kier alpha value is -2.62. The molecule has 2 aliphatic heterocycles. The fourth-order valence-corrected chi connectivity index (χ4v) is 5.30. The van der Waals surface area contributed by atoms with Crippen molar-refractivity contribution < 1.29 is 32.3 Å². The zero-order chi connectivity index (χ0) is 20.7. The van der Waals surface area contributed by atoms with Gasteiger partial charge in [0, 0.05) is 0 Å². The summed E-state index contributed by atoms with van der Waals surface area (Å²) in [6.07, 6.45) is -0.893. The average molecular weight is 410 g/mol. The predicted octanol–water partition coefficient (Wildman–Crippen LogP) is 0.588. The first-order chi connectivity index (χ1) is 13.0. The number of nitrogens with one attached hydrogen (secondary N) is 1. The van der Waals surface area contributed by atoms with E-state index in [-0.39, 0.29) is 6.61 Å². The summed E-state index contributed by atoms with van der Waals surface area (Å²) >= 11 is 0. The summed E-state index contributed by atoms with van der Waals surface area (Å²) in [7, 11) is -3.80. The first-order valence-corrected chi connectivity index (χ1v) is 10.4. The number of hydrogen-bond donors (Lipinski definition) is 1. The summed E-state index contributed by atoms with van der Waals surface area (Å²) in [5.41, 5.74) is -0.0535. The van der Waals surface area contributed by atoms with Gasteiger partial charge in [-0.3, -0.25) is 4.79 Å². The van der Waals surface area contributed by atoms with Crippen LogP contribution in [0.3, 0.4) is 0 Å². The van der Waals surface area contributed by atoms with Gasteiger partial charge in [-0.2, -0.15) is 0 Å². The van der Waals surface area contributed by atoms with E-state index in [0.29, 0.717) is 0 Å². The van der Waals surface area contributed by atoms with E-state index in [2.05, 4.69) is 5.32 Å². The molecule has 2 fully saturated rings. The van der Waals surface area contributed by atoms with E-state index in [1.54, 1.807) is 45.0 Å². The Balaban J connectivity index is 1.66. The third kappa shape index (κ3) is 3.96. The second-order valence-electron chi connectivity index (χ2n) is 7.70. The average Bonchev–Trinajstić information content (AvgIpc) is 2.85. The van der Waals surface area contributed by atoms with Gasteiger partial charge in [-0.05, 0) is 26.3 Å². The SMILES string of the molecule is CC(C)(C)OC(=O)N[C@@H]1C(=O)N2[C@@H](C(=O)OCc3ccccc3)CS(=O)(=O)[C@H]12. The van der Waals surface area contributed by atoms with Gasteiger partial charge in [0.1, 0.15) is 24.3 Å². The summed E-state index contributed by atoms with van der Waals surface area (Å²) in [5, 5.41) is 0.993. The van der Waals surface area contributed by atoms with E-state index in [0.717, 1.165) is 10.5 Å². The first kappa shape index (κ1) is 20.1. The number of ether oxygens (including phenoxy) is 2. The smallest absolute Gasteiger partial charge is 0.408 e. The summed E-state index contributed by atoms with van der Waals surface area (Å²) in [6.45, 7) is 4.91. The first-order valence-electron chi connectivity index (χ1n) is 8.73. The van der Waals surface area contributed by atoms with Gasteiger partial charge >= 0.3 is 12.1 Å². The molecule has 0 aliphatic carbocycles. The minimum Gasteiger partial charge on any atom is -0.459 e. The van der Waals surface area contributed by atoms with Crippen LogP contribution in [-0.4, -0.2) is 60.1 Å². The van der Waals surface area contributed by atoms with Gasteiger partial charge in [-0.1, -0.05) is 30.3 Å². The summed E-state index contributed by atoms with van der Waals surface area (Å²) < 4.78 is 35.1. The predicted molar refractivity (Wildman–Crippen MR) is 97.6 cm³/mol. The Morgan fingerprint density at radius 3 is 2.46 bits per heavy atom. The van der Waals surface area contributed by atoms with E-state index in [1.807, 2.05) is 6.07 Å². The fourth-order valence-electron chi connectivity index (χ4n) is 3.17. The van der Waals surface area contributed by atoms with Crippen molar-refractivity contribution in [2.45, 2.75) is 50.4 Å². The molecule has 10 heteroatoms. The van der Waals surface area contributed by atoms with Crippen molar-refractivity contribution in [3.8, 4) is 0 Å². The maximum Gasteiger partial charge on any atom is 0.408 e. The van der Waals surface area contributed by atoms with Gasteiger partial charge in [-0.25, -0.2) is 18.0 Å². The lowest BCUT2D eigenvalue weighted by atomic mass is 10.0. The van der Waals surface area contributed by atoms with E-state index >= 15 is 0 Å². The minimum absolute atomic E-state index is 0.0253. The fraction of sp³-hybridized carbons (Fsp3) is 0.500. The molecule has 0 aromatic heterocycles. The molecule has 2 heterocycles. The minimum atomic E-state index is -3.80. The maximum absolute atomic E-state index is 12.4. The van der Waals surface area contributed by atoms with Gasteiger partial charge in [-0.15, -0.1) is 0 Å². The Morgan fingerprint density at radius 2 is 1.86 bits per heavy atom. The maximum atomic E-state index is 12.4. The molecule has 152 valence electrons. The van der Waals surface area contributed by atoms with Crippen molar-refractivity contribution in [2.75, 3.05) is 5.75 Å². The summed E-state index contributed by atoms with van der Waals surface area (Å²) in [5.74, 6) is -1.98. The number of esters is 1. The van der Waals surface area contributed by atoms with Gasteiger partial charge < -0.3 is 19.7 Å². The normalized spacial score (nSPS) is 25.5. The Bertz CT molecular complexity index is 892. The van der Waals surface area contributed by atoms with Crippen molar-refractivity contribution in [1.82, 2.24) is 10.2 Å². The standard InChI is InChI=1S/C18H22N2O7S/c1-18(2,3)27-17(23)19-13-14(21)20-12(10-28(24,25)15(13)20)16(22)26-9-11-7-5-4-6-8-11/h4-8,12-13,15H,9-10H2,1-3H3,(H,19,23)/t12-,13-,15-/m1/s1. The molecule has 1 N–H and O–H groups in total. The largest absolute Gasteiger partial charge is 0.459 e. The van der Waals surface area contributed by atoms with Crippen LogP contribution in [0.5, 0.6) is 0 Å². The number of nitrogens with zero attached hydrogens (tertiary/aromatic N) is 1. The van der Waals surface area contributed by atoms with Crippen LogP contribution in [-0.2, 0) is 35.5 Å². The molecule has 0 spiro atoms. The van der Waals surface area contributed by atoms with E-state index in [1.165, 1.54) is 0 Å². The molecule has 1 aromatic rings. The Morgan fingerprint density at radius 1 is 1.21 bits per heavy atom. The molecule has 2 aliphatic rings. The topological polar surface area (TPSA) is 119 Å². The zero-order valence-electron chi connectivity index (χ0n) is 15.7. The number of sulfone groups is 1. The lowest BCUT2D eigenvalue weighted by Crippen LogP contribution is -2.72. The number of carbonyl (C=O) groups excluding carboxylic acids is 3. The Labute approximate surface area is 162 Å². The third-order valence-corrected chi connectivity index (χ3v) is 6.36. The molecule has 3 atom stereocenters. The molecule has 0 saturated carbocycles. The molecular formula is C18H22N2O7S. The van der Waals surface area contributed by atoms with Gasteiger partial charge in [0.05, 0.1) is 5.75 Å². The second kappa shape index (κ2) is 7.08. The van der Waals surface area contributed by atoms with Crippen LogP contribution in [0.1, 0.15) is 26.3 Å². The monoisotopic (exact) mass is 410 g/mol. The van der Waals surface area contributed by atoms with Gasteiger partial charge in [0.15, 0.2) is 15.2 Å². The van der Waals surface area contributed by atoms with Gasteiger partial charge in [0.25, 0.3) is 0 Å². The molecule has 0 radical (unpaired) electrons. The lowest BCUT2D eigenvalue weighted by molar-refractivity contribution is -0.162. The zero-order valence-corrected chi connectivity index (χ0v) is 16.6. The van der Waals surface area contributed by atoms with Crippen molar-refractivity contribution in [3.63, 3.8) is 0 Å². The van der Waals surface area contributed by atoms with Crippen molar-refractivity contribution in [3.05, 3.63) is 35.9 Å². The molecule has 28 heavy (non-hydrogen) atoms. The van der Waals surface area contributed by atoms with Crippen LogP contribution in [0.15, 0.2) is 30.3 Å². The van der Waals surface area contributed by atoms with Crippen LogP contribution in [0, 0.1) is 0 Å². The number of β-lactam (4-membered cyclic amide) rings is 1. The van der Waals surface area contributed by atoms with E-state index < -0.39 is 56.6 Å². The highest BCUT2D eigenvalue weighted by Crippen LogP contribution is 2.36. The number of carbonyl (C=O) groups is 3. The van der Waals surface area contributed by atoms with Crippen LogP contribution < -0.4 is 5.32 Å². The highest BCUT2D eigenvalue weighted by molar-refractivity contribution is 7.92. The third-order valence-electron chi connectivity index (χ3n) is 4.34. The molecule has 2 saturated heterocycles.